The maximum absolute atomic E-state index is 6.13. The molecule has 2 atom stereocenters. The average molecular weight is 263 g/mol. The van der Waals surface area contributed by atoms with Crippen molar-refractivity contribution in [3.05, 3.63) is 41.2 Å². The van der Waals surface area contributed by atoms with Gasteiger partial charge in [0.15, 0.2) is 5.82 Å². The summed E-state index contributed by atoms with van der Waals surface area (Å²) in [6.45, 7) is 1.90. The van der Waals surface area contributed by atoms with E-state index in [-0.39, 0.29) is 11.4 Å². The molecule has 0 spiro atoms. The largest absolute Gasteiger partial charge is 0.221 e. The molecule has 0 bridgehead atoms. The zero-order valence-corrected chi connectivity index (χ0v) is 11.0. The lowest BCUT2D eigenvalue weighted by Crippen LogP contribution is -2.20. The van der Waals surface area contributed by atoms with Gasteiger partial charge in [-0.2, -0.15) is 0 Å². The van der Waals surface area contributed by atoms with Crippen LogP contribution in [0, 0.1) is 0 Å². The van der Waals surface area contributed by atoms with Crippen LogP contribution in [0.15, 0.2) is 24.3 Å². The van der Waals surface area contributed by atoms with Crippen LogP contribution in [-0.2, 0) is 6.42 Å². The predicted molar refractivity (Wildman–Crippen MR) is 69.6 cm³/mol. The summed E-state index contributed by atoms with van der Waals surface area (Å²) >= 11 is 6.13. The molecule has 0 saturated carbocycles. The van der Waals surface area contributed by atoms with Crippen molar-refractivity contribution in [2.75, 3.05) is 0 Å². The van der Waals surface area contributed by atoms with Crippen LogP contribution >= 0.6 is 11.6 Å². The maximum atomic E-state index is 6.13. The molecule has 1 aliphatic carbocycles. The molecule has 18 heavy (non-hydrogen) atoms. The van der Waals surface area contributed by atoms with Crippen molar-refractivity contribution in [1.29, 1.82) is 0 Å². The van der Waals surface area contributed by atoms with E-state index in [1.54, 1.807) is 0 Å². The van der Waals surface area contributed by atoms with E-state index >= 15 is 0 Å². The highest BCUT2D eigenvalue weighted by Crippen LogP contribution is 2.33. The van der Waals surface area contributed by atoms with Crippen molar-refractivity contribution in [1.82, 2.24) is 20.2 Å². The van der Waals surface area contributed by atoms with Crippen LogP contribution in [0.1, 0.15) is 48.1 Å². The van der Waals surface area contributed by atoms with E-state index in [9.17, 15) is 0 Å². The Bertz CT molecular complexity index is 549. The second kappa shape index (κ2) is 4.69. The van der Waals surface area contributed by atoms with Gasteiger partial charge in [0.05, 0.1) is 11.4 Å². The number of halogens is 1. The van der Waals surface area contributed by atoms with E-state index in [2.05, 4.69) is 39.8 Å². The molecule has 4 nitrogen and oxygen atoms in total. The lowest BCUT2D eigenvalue weighted by molar-refractivity contribution is 0.427. The number of hydrogen-bond acceptors (Lipinski definition) is 3. The number of tetrazole rings is 1. The van der Waals surface area contributed by atoms with Gasteiger partial charge in [0.1, 0.15) is 0 Å². The van der Waals surface area contributed by atoms with Crippen LogP contribution in [0.3, 0.4) is 0 Å². The molecule has 0 aliphatic heterocycles. The number of benzene rings is 1. The molecular weight excluding hydrogens is 248 g/mol. The Labute approximate surface area is 111 Å². The highest BCUT2D eigenvalue weighted by atomic mass is 35.5. The summed E-state index contributed by atoms with van der Waals surface area (Å²) in [6.07, 6.45) is 3.37. The Balaban J connectivity index is 2.06. The quantitative estimate of drug-likeness (QED) is 0.782. The molecule has 5 heteroatoms. The van der Waals surface area contributed by atoms with Gasteiger partial charge < -0.3 is 0 Å². The van der Waals surface area contributed by atoms with Gasteiger partial charge in [-0.05, 0) is 47.7 Å². The number of aromatic nitrogens is 4. The van der Waals surface area contributed by atoms with E-state index in [1.807, 2.05) is 11.6 Å². The molecule has 94 valence electrons. The van der Waals surface area contributed by atoms with Gasteiger partial charge in [-0.25, -0.2) is 4.68 Å². The SMILES string of the molecule is CC(Cl)c1nnnn1C1CCCc2ccccc21. The monoisotopic (exact) mass is 262 g/mol. The highest BCUT2D eigenvalue weighted by Gasteiger charge is 2.25. The fourth-order valence-electron chi connectivity index (χ4n) is 2.67. The van der Waals surface area contributed by atoms with Crippen molar-refractivity contribution >= 4 is 11.6 Å². The minimum absolute atomic E-state index is 0.172. The summed E-state index contributed by atoms with van der Waals surface area (Å²) in [5, 5.41) is 11.8. The van der Waals surface area contributed by atoms with E-state index < -0.39 is 0 Å². The first kappa shape index (κ1) is 11.7. The molecule has 0 radical (unpaired) electrons. The predicted octanol–water partition coefficient (Wildman–Crippen LogP) is 2.90. The minimum Gasteiger partial charge on any atom is -0.221 e. The Kier molecular flexibility index (Phi) is 3.04. The summed E-state index contributed by atoms with van der Waals surface area (Å²) in [5.74, 6) is 0.748. The van der Waals surface area contributed by atoms with E-state index in [4.69, 9.17) is 11.6 Å². The second-order valence-electron chi connectivity index (χ2n) is 4.70. The van der Waals surface area contributed by atoms with Crippen molar-refractivity contribution in [3.63, 3.8) is 0 Å². The molecule has 0 amide bonds. The molecule has 0 fully saturated rings. The van der Waals surface area contributed by atoms with Gasteiger partial charge >= 0.3 is 0 Å². The van der Waals surface area contributed by atoms with Gasteiger partial charge in [0, 0.05) is 0 Å². The molecule has 1 heterocycles. The fourth-order valence-corrected chi connectivity index (χ4v) is 2.81. The molecule has 0 saturated heterocycles. The topological polar surface area (TPSA) is 43.6 Å². The molecule has 1 aliphatic rings. The fraction of sp³-hybridized carbons (Fsp3) is 0.462. The first-order valence-corrected chi connectivity index (χ1v) is 6.70. The Morgan fingerprint density at radius 1 is 1.39 bits per heavy atom. The lowest BCUT2D eigenvalue weighted by Gasteiger charge is -2.26. The average Bonchev–Trinajstić information content (AvgIpc) is 2.87. The van der Waals surface area contributed by atoms with Gasteiger partial charge in [0.2, 0.25) is 0 Å². The number of aryl methyl sites for hydroxylation is 1. The molecule has 3 rings (SSSR count). The van der Waals surface area contributed by atoms with E-state index in [0.29, 0.717) is 0 Å². The van der Waals surface area contributed by atoms with E-state index in [1.165, 1.54) is 11.1 Å². The third kappa shape index (κ3) is 1.90. The number of rotatable bonds is 2. The summed E-state index contributed by atoms with van der Waals surface area (Å²) in [4.78, 5) is 0. The van der Waals surface area contributed by atoms with Gasteiger partial charge in [0.25, 0.3) is 0 Å². The third-order valence-corrected chi connectivity index (χ3v) is 3.70. The molecule has 1 aromatic heterocycles. The first-order valence-electron chi connectivity index (χ1n) is 6.27. The summed E-state index contributed by atoms with van der Waals surface area (Å²) in [5.41, 5.74) is 2.73. The first-order chi connectivity index (χ1) is 8.77. The molecule has 0 N–H and O–H groups in total. The van der Waals surface area contributed by atoms with E-state index in [0.717, 1.165) is 25.1 Å². The van der Waals surface area contributed by atoms with Crippen molar-refractivity contribution < 1.29 is 0 Å². The standard InChI is InChI=1S/C13H15ClN4/c1-9(14)13-15-16-17-18(13)12-8-4-6-10-5-2-3-7-11(10)12/h2-3,5,7,9,12H,4,6,8H2,1H3. The Morgan fingerprint density at radius 2 is 2.22 bits per heavy atom. The summed E-state index contributed by atoms with van der Waals surface area (Å²) in [7, 11) is 0. The second-order valence-corrected chi connectivity index (χ2v) is 5.36. The zero-order valence-electron chi connectivity index (χ0n) is 10.3. The number of alkyl halides is 1. The summed E-state index contributed by atoms with van der Waals surface area (Å²) in [6, 6.07) is 8.75. The van der Waals surface area contributed by atoms with Crippen molar-refractivity contribution in [2.24, 2.45) is 0 Å². The van der Waals surface area contributed by atoms with Gasteiger partial charge in [-0.1, -0.05) is 24.3 Å². The Hall–Kier alpha value is -1.42. The van der Waals surface area contributed by atoms with Crippen LogP contribution in [0.4, 0.5) is 0 Å². The van der Waals surface area contributed by atoms with Crippen LogP contribution < -0.4 is 0 Å². The van der Waals surface area contributed by atoms with Gasteiger partial charge in [-0.15, -0.1) is 16.7 Å². The number of hydrogen-bond donors (Lipinski definition) is 0. The number of nitrogens with zero attached hydrogens (tertiary/aromatic N) is 4. The molecular formula is C13H15ClN4. The van der Waals surface area contributed by atoms with Crippen molar-refractivity contribution in [3.8, 4) is 0 Å². The van der Waals surface area contributed by atoms with Gasteiger partial charge in [-0.3, -0.25) is 0 Å². The maximum Gasteiger partial charge on any atom is 0.169 e. The van der Waals surface area contributed by atoms with Crippen LogP contribution in [0.2, 0.25) is 0 Å². The Morgan fingerprint density at radius 3 is 3.06 bits per heavy atom. The van der Waals surface area contributed by atoms with Crippen LogP contribution in [0.5, 0.6) is 0 Å². The highest BCUT2D eigenvalue weighted by molar-refractivity contribution is 6.20. The minimum atomic E-state index is -0.172. The third-order valence-electron chi connectivity index (χ3n) is 3.51. The molecule has 2 unspecified atom stereocenters. The normalized spacial score (nSPS) is 20.4. The van der Waals surface area contributed by atoms with Crippen molar-refractivity contribution in [2.45, 2.75) is 37.6 Å². The number of fused-ring (bicyclic) bond motifs is 1. The van der Waals surface area contributed by atoms with Crippen LogP contribution in [0.25, 0.3) is 0 Å². The smallest absolute Gasteiger partial charge is 0.169 e. The lowest BCUT2D eigenvalue weighted by atomic mass is 9.88. The molecule has 1 aromatic carbocycles. The molecule has 2 aromatic rings. The van der Waals surface area contributed by atoms with Crippen LogP contribution in [-0.4, -0.2) is 20.2 Å². The summed E-state index contributed by atoms with van der Waals surface area (Å²) < 4.78 is 1.88. The zero-order chi connectivity index (χ0) is 12.5.